The first-order valence-corrected chi connectivity index (χ1v) is 11.3. The molecule has 2 aliphatic heterocycles. The molecule has 29 heavy (non-hydrogen) atoms. The molecule has 1 amide bonds. The standard InChI is InChI=1S/C23H23N3O2S/c27-22(25-13-6-14-29-20-8-4-3-7-19(20)25)16-10-11-17-18(15-16)24-21-9-2-1-5-12-26(21)23(17)28/h3-4,7-8,10-11,15H,1-2,5-6,9,12-14H2. The molecular formula is C23H23N3O2S. The van der Waals surface area contributed by atoms with Crippen molar-refractivity contribution in [1.29, 1.82) is 0 Å². The second-order valence-electron chi connectivity index (χ2n) is 7.65. The van der Waals surface area contributed by atoms with E-state index < -0.39 is 0 Å². The van der Waals surface area contributed by atoms with E-state index in [2.05, 4.69) is 6.07 Å². The summed E-state index contributed by atoms with van der Waals surface area (Å²) >= 11 is 1.80. The van der Waals surface area contributed by atoms with Crippen molar-refractivity contribution in [3.05, 3.63) is 64.2 Å². The summed E-state index contributed by atoms with van der Waals surface area (Å²) in [6.07, 6.45) is 4.96. The van der Waals surface area contributed by atoms with Crippen LogP contribution >= 0.6 is 11.8 Å². The van der Waals surface area contributed by atoms with Gasteiger partial charge in [0.05, 0.1) is 16.6 Å². The molecular weight excluding hydrogens is 382 g/mol. The van der Waals surface area contributed by atoms with Crippen LogP contribution in [0.25, 0.3) is 10.9 Å². The molecule has 2 aliphatic rings. The van der Waals surface area contributed by atoms with Crippen molar-refractivity contribution < 1.29 is 4.79 Å². The van der Waals surface area contributed by atoms with Gasteiger partial charge in [-0.25, -0.2) is 4.98 Å². The summed E-state index contributed by atoms with van der Waals surface area (Å²) < 4.78 is 1.82. The minimum Gasteiger partial charge on any atom is -0.307 e. The summed E-state index contributed by atoms with van der Waals surface area (Å²) in [4.78, 5) is 34.1. The number of carbonyl (C=O) groups is 1. The van der Waals surface area contributed by atoms with Crippen LogP contribution in [-0.2, 0) is 13.0 Å². The van der Waals surface area contributed by atoms with Gasteiger partial charge in [0.1, 0.15) is 5.82 Å². The van der Waals surface area contributed by atoms with E-state index in [1.165, 1.54) is 0 Å². The number of hydrogen-bond donors (Lipinski definition) is 0. The highest BCUT2D eigenvalue weighted by molar-refractivity contribution is 7.99. The Hall–Kier alpha value is -2.60. The molecule has 0 N–H and O–H groups in total. The Balaban J connectivity index is 1.57. The van der Waals surface area contributed by atoms with Crippen molar-refractivity contribution in [2.45, 2.75) is 43.5 Å². The molecule has 0 aliphatic carbocycles. The van der Waals surface area contributed by atoms with E-state index >= 15 is 0 Å². The van der Waals surface area contributed by atoms with Gasteiger partial charge in [0, 0.05) is 30.0 Å². The number of fused-ring (bicyclic) bond motifs is 3. The lowest BCUT2D eigenvalue weighted by atomic mass is 10.1. The summed E-state index contributed by atoms with van der Waals surface area (Å²) in [6.45, 7) is 1.43. The number of aryl methyl sites for hydroxylation is 1. The molecule has 5 rings (SSSR count). The summed E-state index contributed by atoms with van der Waals surface area (Å²) in [5.74, 6) is 1.82. The van der Waals surface area contributed by atoms with Crippen LogP contribution in [0.15, 0.2) is 52.2 Å². The molecule has 0 saturated carbocycles. The molecule has 0 atom stereocenters. The highest BCUT2D eigenvalue weighted by Gasteiger charge is 2.23. The zero-order valence-corrected chi connectivity index (χ0v) is 17.1. The number of hydrogen-bond acceptors (Lipinski definition) is 4. The maximum atomic E-state index is 13.4. The first-order chi connectivity index (χ1) is 14.2. The first kappa shape index (κ1) is 18.4. The molecule has 5 nitrogen and oxygen atoms in total. The third-order valence-electron chi connectivity index (χ3n) is 5.75. The number of para-hydroxylation sites is 1. The van der Waals surface area contributed by atoms with Crippen LogP contribution in [0.3, 0.4) is 0 Å². The molecule has 0 fully saturated rings. The van der Waals surface area contributed by atoms with E-state index in [-0.39, 0.29) is 11.5 Å². The fourth-order valence-corrected chi connectivity index (χ4v) is 5.24. The second kappa shape index (κ2) is 7.67. The molecule has 0 bridgehead atoms. The minimum atomic E-state index is -0.0290. The van der Waals surface area contributed by atoms with Crippen molar-refractivity contribution >= 4 is 34.3 Å². The quantitative estimate of drug-likeness (QED) is 0.607. The zero-order chi connectivity index (χ0) is 19.8. The SMILES string of the molecule is O=C(c1ccc2c(=O)n3c(nc2c1)CCCCC3)N1CCCSc2ccccc21. The summed E-state index contributed by atoms with van der Waals surface area (Å²) in [6, 6.07) is 13.4. The number of rotatable bonds is 1. The highest BCUT2D eigenvalue weighted by Crippen LogP contribution is 2.34. The topological polar surface area (TPSA) is 55.2 Å². The molecule has 3 aromatic rings. The third kappa shape index (κ3) is 3.35. The van der Waals surface area contributed by atoms with Gasteiger partial charge in [-0.05, 0) is 55.3 Å². The van der Waals surface area contributed by atoms with Crippen LogP contribution in [0, 0.1) is 0 Å². The monoisotopic (exact) mass is 405 g/mol. The van der Waals surface area contributed by atoms with Gasteiger partial charge in [-0.3, -0.25) is 14.2 Å². The number of amides is 1. The van der Waals surface area contributed by atoms with Crippen molar-refractivity contribution in [3.8, 4) is 0 Å². The van der Waals surface area contributed by atoms with E-state index in [1.807, 2.05) is 27.7 Å². The van der Waals surface area contributed by atoms with E-state index in [9.17, 15) is 9.59 Å². The van der Waals surface area contributed by atoms with Gasteiger partial charge in [0.2, 0.25) is 0 Å². The fraction of sp³-hybridized carbons (Fsp3) is 0.348. The minimum absolute atomic E-state index is 0.0161. The van der Waals surface area contributed by atoms with E-state index in [0.29, 0.717) is 23.0 Å². The fourth-order valence-electron chi connectivity index (χ4n) is 4.25. The zero-order valence-electron chi connectivity index (χ0n) is 16.3. The highest BCUT2D eigenvalue weighted by atomic mass is 32.2. The summed E-state index contributed by atoms with van der Waals surface area (Å²) in [5, 5.41) is 0.596. The molecule has 0 radical (unpaired) electrons. The maximum Gasteiger partial charge on any atom is 0.261 e. The Kier molecular flexibility index (Phi) is 4.87. The maximum absolute atomic E-state index is 13.4. The molecule has 1 aromatic heterocycles. The number of aromatic nitrogens is 2. The number of benzene rings is 2. The van der Waals surface area contributed by atoms with E-state index in [1.54, 1.807) is 30.0 Å². The van der Waals surface area contributed by atoms with Crippen LogP contribution in [0.5, 0.6) is 0 Å². The van der Waals surface area contributed by atoms with Crippen LogP contribution in [0.4, 0.5) is 5.69 Å². The molecule has 0 saturated heterocycles. The molecule has 2 aromatic carbocycles. The van der Waals surface area contributed by atoms with Crippen LogP contribution in [0.1, 0.15) is 41.9 Å². The Labute approximate surface area is 173 Å². The summed E-state index contributed by atoms with van der Waals surface area (Å²) in [7, 11) is 0. The van der Waals surface area contributed by atoms with Gasteiger partial charge in [0.25, 0.3) is 11.5 Å². The van der Waals surface area contributed by atoms with Crippen molar-refractivity contribution in [2.75, 3.05) is 17.2 Å². The molecule has 148 valence electrons. The number of nitrogens with zero attached hydrogens (tertiary/aromatic N) is 3. The van der Waals surface area contributed by atoms with E-state index in [0.717, 1.165) is 60.8 Å². The number of carbonyl (C=O) groups excluding carboxylic acids is 1. The largest absolute Gasteiger partial charge is 0.307 e. The van der Waals surface area contributed by atoms with Crippen molar-refractivity contribution in [2.24, 2.45) is 0 Å². The Morgan fingerprint density at radius 3 is 2.83 bits per heavy atom. The van der Waals surface area contributed by atoms with Crippen LogP contribution in [0.2, 0.25) is 0 Å². The molecule has 6 heteroatoms. The smallest absolute Gasteiger partial charge is 0.261 e. The predicted octanol–water partition coefficient (Wildman–Crippen LogP) is 4.27. The first-order valence-electron chi connectivity index (χ1n) is 10.3. The Morgan fingerprint density at radius 1 is 1.00 bits per heavy atom. The van der Waals surface area contributed by atoms with Gasteiger partial charge >= 0.3 is 0 Å². The predicted molar refractivity (Wildman–Crippen MR) is 117 cm³/mol. The lowest BCUT2D eigenvalue weighted by Crippen LogP contribution is -2.32. The van der Waals surface area contributed by atoms with E-state index in [4.69, 9.17) is 4.98 Å². The lowest BCUT2D eigenvalue weighted by molar-refractivity contribution is 0.0987. The van der Waals surface area contributed by atoms with Gasteiger partial charge in [-0.2, -0.15) is 0 Å². The van der Waals surface area contributed by atoms with Crippen LogP contribution < -0.4 is 10.5 Å². The molecule has 0 unspecified atom stereocenters. The Bertz CT molecular complexity index is 1150. The molecule has 0 spiro atoms. The average Bonchev–Trinajstić information content (AvgIpc) is 3.11. The second-order valence-corrected chi connectivity index (χ2v) is 8.79. The number of thioether (sulfide) groups is 1. The van der Waals surface area contributed by atoms with Gasteiger partial charge in [0.15, 0.2) is 0 Å². The third-order valence-corrected chi connectivity index (χ3v) is 6.90. The van der Waals surface area contributed by atoms with Crippen LogP contribution in [-0.4, -0.2) is 27.8 Å². The van der Waals surface area contributed by atoms with Gasteiger partial charge in [-0.15, -0.1) is 11.8 Å². The molecule has 3 heterocycles. The Morgan fingerprint density at radius 2 is 1.90 bits per heavy atom. The average molecular weight is 406 g/mol. The van der Waals surface area contributed by atoms with Crippen molar-refractivity contribution in [1.82, 2.24) is 9.55 Å². The van der Waals surface area contributed by atoms with Crippen molar-refractivity contribution in [3.63, 3.8) is 0 Å². The summed E-state index contributed by atoms with van der Waals surface area (Å²) in [5.41, 5.74) is 2.20. The van der Waals surface area contributed by atoms with Gasteiger partial charge < -0.3 is 4.90 Å². The normalized spacial score (nSPS) is 16.6. The van der Waals surface area contributed by atoms with Gasteiger partial charge in [-0.1, -0.05) is 18.6 Å². The lowest BCUT2D eigenvalue weighted by Gasteiger charge is -2.22. The number of anilines is 1.